The zero-order chi connectivity index (χ0) is 12.4. The lowest BCUT2D eigenvalue weighted by atomic mass is 9.78. The third kappa shape index (κ3) is 2.33. The minimum atomic E-state index is 0.444. The lowest BCUT2D eigenvalue weighted by Crippen LogP contribution is -2.47. The Labute approximate surface area is 114 Å². The van der Waals surface area contributed by atoms with E-state index in [2.05, 4.69) is 21.2 Å². The topological polar surface area (TPSA) is 29.0 Å². The third-order valence-corrected chi connectivity index (χ3v) is 4.65. The van der Waals surface area contributed by atoms with Crippen LogP contribution in [0.2, 0.25) is 0 Å². The van der Waals surface area contributed by atoms with Gasteiger partial charge in [-0.25, -0.2) is 0 Å². The van der Waals surface area contributed by atoms with Gasteiger partial charge in [-0.2, -0.15) is 5.10 Å². The highest BCUT2D eigenvalue weighted by Gasteiger charge is 2.33. The van der Waals surface area contributed by atoms with Gasteiger partial charge in [0.25, 0.3) is 0 Å². The molecule has 0 spiro atoms. The van der Waals surface area contributed by atoms with Crippen molar-refractivity contribution in [1.82, 2.24) is 10.2 Å². The second-order valence-corrected chi connectivity index (χ2v) is 5.73. The van der Waals surface area contributed by atoms with Gasteiger partial charge in [-0.05, 0) is 43.7 Å². The summed E-state index contributed by atoms with van der Waals surface area (Å²) in [5.41, 5.74) is 0.859. The molecule has 1 saturated heterocycles. The molecule has 0 radical (unpaired) electrons. The normalized spacial score (nSPS) is 27.9. The van der Waals surface area contributed by atoms with Crippen molar-refractivity contribution in [1.29, 1.82) is 0 Å². The van der Waals surface area contributed by atoms with Crippen LogP contribution in [0.15, 0.2) is 12.1 Å². The van der Waals surface area contributed by atoms with Crippen molar-refractivity contribution in [2.24, 2.45) is 5.92 Å². The summed E-state index contributed by atoms with van der Waals surface area (Å²) in [6.07, 6.45) is 8.18. The molecular weight excluding hydrogens is 246 g/mol. The molecule has 4 heteroatoms. The van der Waals surface area contributed by atoms with E-state index in [4.69, 9.17) is 11.6 Å². The zero-order valence-electron chi connectivity index (χ0n) is 10.7. The average molecular weight is 266 g/mol. The fourth-order valence-electron chi connectivity index (χ4n) is 3.49. The molecule has 0 amide bonds. The van der Waals surface area contributed by atoms with E-state index in [9.17, 15) is 0 Å². The minimum absolute atomic E-state index is 0.444. The van der Waals surface area contributed by atoms with E-state index in [1.165, 1.54) is 38.5 Å². The second kappa shape index (κ2) is 5.43. The molecule has 18 heavy (non-hydrogen) atoms. The van der Waals surface area contributed by atoms with Crippen LogP contribution in [0, 0.1) is 5.92 Å². The van der Waals surface area contributed by atoms with Crippen molar-refractivity contribution >= 4 is 17.4 Å². The van der Waals surface area contributed by atoms with E-state index in [1.54, 1.807) is 0 Å². The number of hydrogen-bond acceptors (Lipinski definition) is 3. The smallest absolute Gasteiger partial charge is 0.151 e. The van der Waals surface area contributed by atoms with Crippen molar-refractivity contribution in [2.45, 2.75) is 50.4 Å². The van der Waals surface area contributed by atoms with Gasteiger partial charge in [0.15, 0.2) is 5.82 Å². The van der Waals surface area contributed by atoms with Crippen LogP contribution in [0.5, 0.6) is 0 Å². The van der Waals surface area contributed by atoms with Crippen molar-refractivity contribution in [3.05, 3.63) is 17.8 Å². The monoisotopic (exact) mass is 265 g/mol. The van der Waals surface area contributed by atoms with Gasteiger partial charge in [0.1, 0.15) is 0 Å². The van der Waals surface area contributed by atoms with Crippen LogP contribution in [0.1, 0.15) is 44.2 Å². The van der Waals surface area contributed by atoms with Crippen LogP contribution >= 0.6 is 11.6 Å². The van der Waals surface area contributed by atoms with Crippen LogP contribution in [0.4, 0.5) is 5.82 Å². The first-order valence-corrected chi connectivity index (χ1v) is 7.57. The molecule has 2 atom stereocenters. The predicted molar refractivity (Wildman–Crippen MR) is 73.9 cm³/mol. The van der Waals surface area contributed by atoms with E-state index >= 15 is 0 Å². The van der Waals surface area contributed by atoms with Crippen LogP contribution in [0.25, 0.3) is 0 Å². The predicted octanol–water partition coefficient (Wildman–Crippen LogP) is 3.37. The third-order valence-electron chi connectivity index (χ3n) is 4.38. The number of alkyl halides is 1. The van der Waals surface area contributed by atoms with Gasteiger partial charge < -0.3 is 4.90 Å². The van der Waals surface area contributed by atoms with E-state index in [1.807, 2.05) is 6.07 Å². The maximum Gasteiger partial charge on any atom is 0.151 e. The first-order valence-electron chi connectivity index (χ1n) is 7.03. The number of halogens is 1. The molecule has 0 unspecified atom stereocenters. The highest BCUT2D eigenvalue weighted by molar-refractivity contribution is 6.16. The molecule has 2 aliphatic rings. The fourth-order valence-corrected chi connectivity index (χ4v) is 3.63. The van der Waals surface area contributed by atoms with Gasteiger partial charge >= 0.3 is 0 Å². The molecule has 3 rings (SSSR count). The van der Waals surface area contributed by atoms with Gasteiger partial charge in [0.2, 0.25) is 0 Å². The van der Waals surface area contributed by atoms with Crippen molar-refractivity contribution < 1.29 is 0 Å². The molecule has 98 valence electrons. The highest BCUT2D eigenvalue weighted by atomic mass is 35.5. The van der Waals surface area contributed by atoms with Crippen LogP contribution in [-0.2, 0) is 5.88 Å². The van der Waals surface area contributed by atoms with E-state index in [-0.39, 0.29) is 0 Å². The average Bonchev–Trinajstić information content (AvgIpc) is 2.47. The van der Waals surface area contributed by atoms with E-state index < -0.39 is 0 Å². The van der Waals surface area contributed by atoms with E-state index in [0.717, 1.165) is 24.0 Å². The number of fused-ring (bicyclic) bond motifs is 1. The van der Waals surface area contributed by atoms with Gasteiger partial charge in [0.05, 0.1) is 11.6 Å². The molecule has 3 nitrogen and oxygen atoms in total. The van der Waals surface area contributed by atoms with Gasteiger partial charge in [-0.1, -0.05) is 12.8 Å². The molecule has 0 bridgehead atoms. The maximum absolute atomic E-state index is 5.76. The summed E-state index contributed by atoms with van der Waals surface area (Å²) < 4.78 is 0. The number of aromatic nitrogens is 2. The summed E-state index contributed by atoms with van der Waals surface area (Å²) in [6.45, 7) is 1.13. The Kier molecular flexibility index (Phi) is 3.69. The largest absolute Gasteiger partial charge is 0.352 e. The fraction of sp³-hybridized carbons (Fsp3) is 0.714. The van der Waals surface area contributed by atoms with Crippen LogP contribution < -0.4 is 4.90 Å². The Balaban J connectivity index is 1.80. The minimum Gasteiger partial charge on any atom is -0.352 e. The lowest BCUT2D eigenvalue weighted by molar-refractivity contribution is 0.242. The Morgan fingerprint density at radius 1 is 1.11 bits per heavy atom. The molecule has 1 saturated carbocycles. The quantitative estimate of drug-likeness (QED) is 0.768. The summed E-state index contributed by atoms with van der Waals surface area (Å²) in [7, 11) is 0. The molecule has 1 aromatic heterocycles. The van der Waals surface area contributed by atoms with Crippen molar-refractivity contribution in [3.8, 4) is 0 Å². The summed E-state index contributed by atoms with van der Waals surface area (Å²) in [4.78, 5) is 2.48. The number of nitrogens with zero attached hydrogens (tertiary/aromatic N) is 3. The van der Waals surface area contributed by atoms with Gasteiger partial charge in [-0.15, -0.1) is 16.7 Å². The van der Waals surface area contributed by atoms with Crippen LogP contribution in [-0.4, -0.2) is 22.8 Å². The standard InChI is InChI=1S/C14H20ClN3/c15-10-12-7-8-14(17-16-12)18-9-3-5-11-4-1-2-6-13(11)18/h7-8,11,13H,1-6,9-10H2/t11-,13-/m1/s1. The van der Waals surface area contributed by atoms with Gasteiger partial charge in [-0.3, -0.25) is 0 Å². The highest BCUT2D eigenvalue weighted by Crippen LogP contribution is 2.36. The molecule has 1 aromatic rings. The summed E-state index contributed by atoms with van der Waals surface area (Å²) in [5, 5.41) is 8.54. The number of rotatable bonds is 2. The zero-order valence-corrected chi connectivity index (χ0v) is 11.4. The molecule has 2 fully saturated rings. The van der Waals surface area contributed by atoms with Crippen molar-refractivity contribution in [2.75, 3.05) is 11.4 Å². The summed E-state index contributed by atoms with van der Waals surface area (Å²) in [6, 6.07) is 4.78. The molecular formula is C14H20ClN3. The molecule has 0 aromatic carbocycles. The van der Waals surface area contributed by atoms with E-state index in [0.29, 0.717) is 11.9 Å². The maximum atomic E-state index is 5.76. The molecule has 1 aliphatic carbocycles. The van der Waals surface area contributed by atoms with Crippen molar-refractivity contribution in [3.63, 3.8) is 0 Å². The first-order chi connectivity index (χ1) is 8.88. The number of hydrogen-bond donors (Lipinski definition) is 0. The molecule has 2 heterocycles. The van der Waals surface area contributed by atoms with Crippen LogP contribution in [0.3, 0.4) is 0 Å². The molecule has 1 aliphatic heterocycles. The number of anilines is 1. The Morgan fingerprint density at radius 2 is 1.94 bits per heavy atom. The Hall–Kier alpha value is -0.830. The Bertz CT molecular complexity index is 391. The SMILES string of the molecule is ClCc1ccc(N2CCC[C@H]3CCCC[C@H]32)nn1. The molecule has 0 N–H and O–H groups in total. The number of piperidine rings is 1. The first kappa shape index (κ1) is 12.2. The second-order valence-electron chi connectivity index (χ2n) is 5.46. The Morgan fingerprint density at radius 3 is 2.72 bits per heavy atom. The van der Waals surface area contributed by atoms with Gasteiger partial charge in [0, 0.05) is 12.6 Å². The lowest BCUT2D eigenvalue weighted by Gasteiger charge is -2.44. The summed E-state index contributed by atoms with van der Waals surface area (Å²) in [5.74, 6) is 2.36. The summed E-state index contributed by atoms with van der Waals surface area (Å²) >= 11 is 5.76.